The molecule has 1 atom stereocenters. The van der Waals surface area contributed by atoms with E-state index in [0.717, 1.165) is 0 Å². The largest absolute Gasteiger partial charge is 0.435 e. The lowest BCUT2D eigenvalue weighted by Gasteiger charge is -2.27. The van der Waals surface area contributed by atoms with E-state index in [2.05, 4.69) is 9.73 Å². The highest BCUT2D eigenvalue weighted by molar-refractivity contribution is 6.08. The summed E-state index contributed by atoms with van der Waals surface area (Å²) in [6, 6.07) is 8.77. The third-order valence-electron chi connectivity index (χ3n) is 4.89. The molecule has 1 aliphatic rings. The van der Waals surface area contributed by atoms with E-state index < -0.39 is 18.1 Å². The van der Waals surface area contributed by atoms with E-state index in [1.165, 1.54) is 36.2 Å². The van der Waals surface area contributed by atoms with Crippen molar-refractivity contribution in [3.05, 3.63) is 64.5 Å². The first-order valence-corrected chi connectivity index (χ1v) is 8.69. The number of nitrogens with zero attached hydrogens (tertiary/aromatic N) is 2. The summed E-state index contributed by atoms with van der Waals surface area (Å²) in [5.74, 6) is -0.787. The van der Waals surface area contributed by atoms with E-state index in [9.17, 15) is 18.0 Å². The van der Waals surface area contributed by atoms with Crippen molar-refractivity contribution in [3.63, 3.8) is 0 Å². The lowest BCUT2D eigenvalue weighted by atomic mass is 9.81. The monoisotopic (exact) mass is 391 g/mol. The van der Waals surface area contributed by atoms with Crippen LogP contribution in [0.3, 0.4) is 0 Å². The number of nitrogens with two attached hydrogens (primary N) is 1. The number of rotatable bonds is 5. The number of alkyl halides is 2. The molecule has 0 radical (unpaired) electrons. The summed E-state index contributed by atoms with van der Waals surface area (Å²) in [4.78, 5) is 18.8. The van der Waals surface area contributed by atoms with Gasteiger partial charge in [-0.15, -0.1) is 0 Å². The molecular weight excluding hydrogens is 371 g/mol. The first kappa shape index (κ1) is 19.7. The Balaban J connectivity index is 2.23. The van der Waals surface area contributed by atoms with Crippen molar-refractivity contribution in [2.45, 2.75) is 32.4 Å². The van der Waals surface area contributed by atoms with Gasteiger partial charge in [-0.05, 0) is 59.9 Å². The molecule has 1 heterocycles. The molecule has 0 aromatic heterocycles. The van der Waals surface area contributed by atoms with Gasteiger partial charge in [-0.25, -0.2) is 9.38 Å². The molecule has 0 bridgehead atoms. The number of halogens is 3. The Morgan fingerprint density at radius 2 is 1.86 bits per heavy atom. The molecule has 28 heavy (non-hydrogen) atoms. The van der Waals surface area contributed by atoms with Gasteiger partial charge in [0.1, 0.15) is 11.6 Å². The van der Waals surface area contributed by atoms with Crippen molar-refractivity contribution >= 4 is 11.9 Å². The summed E-state index contributed by atoms with van der Waals surface area (Å²) in [7, 11) is 1.49. The topological polar surface area (TPSA) is 67.9 Å². The van der Waals surface area contributed by atoms with Gasteiger partial charge in [0.15, 0.2) is 11.5 Å². The number of aryl methyl sites for hydroxylation is 2. The van der Waals surface area contributed by atoms with Crippen LogP contribution in [0.1, 0.15) is 29.2 Å². The Labute approximate surface area is 160 Å². The van der Waals surface area contributed by atoms with Crippen LogP contribution < -0.4 is 10.5 Å². The molecule has 5 nitrogen and oxygen atoms in total. The van der Waals surface area contributed by atoms with E-state index in [1.54, 1.807) is 26.0 Å². The van der Waals surface area contributed by atoms with Crippen molar-refractivity contribution in [3.8, 4) is 5.75 Å². The summed E-state index contributed by atoms with van der Waals surface area (Å²) < 4.78 is 43.7. The van der Waals surface area contributed by atoms with Crippen LogP contribution in [0.4, 0.5) is 13.2 Å². The molecule has 2 aromatic carbocycles. The fraction of sp³-hybridized carbons (Fsp3) is 0.300. The van der Waals surface area contributed by atoms with E-state index >= 15 is 0 Å². The summed E-state index contributed by atoms with van der Waals surface area (Å²) >= 11 is 0. The maximum atomic E-state index is 14.0. The van der Waals surface area contributed by atoms with Crippen molar-refractivity contribution < 1.29 is 22.7 Å². The van der Waals surface area contributed by atoms with Gasteiger partial charge >= 0.3 is 6.61 Å². The van der Waals surface area contributed by atoms with Crippen LogP contribution in [0, 0.1) is 12.7 Å². The smallest absolute Gasteiger partial charge is 0.387 e. The average Bonchev–Trinajstić information content (AvgIpc) is 2.88. The Kier molecular flexibility index (Phi) is 5.06. The Bertz CT molecular complexity index is 962. The third kappa shape index (κ3) is 3.08. The second kappa shape index (κ2) is 7.18. The molecular formula is C20H20F3N3O2. The van der Waals surface area contributed by atoms with Gasteiger partial charge in [0, 0.05) is 7.05 Å². The first-order valence-electron chi connectivity index (χ1n) is 8.69. The molecule has 2 N–H and O–H groups in total. The number of benzene rings is 2. The van der Waals surface area contributed by atoms with Crippen molar-refractivity contribution in [1.82, 2.24) is 4.90 Å². The SMILES string of the molecule is CCc1cc(C2(c3ccc(OC(F)F)c(C)c3)N=C(N)N(C)C2=O)ccc1F. The number of amides is 1. The number of hydrogen-bond acceptors (Lipinski definition) is 4. The van der Waals surface area contributed by atoms with Crippen LogP contribution in [0.25, 0.3) is 0 Å². The average molecular weight is 391 g/mol. The normalized spacial score (nSPS) is 19.3. The number of ether oxygens (including phenoxy) is 1. The standard InChI is InChI=1S/C20H20F3N3O2/c1-4-12-10-14(5-7-15(12)21)20(17(27)26(3)19(24)25-20)13-6-8-16(11(2)9-13)28-18(22)23/h5-10,18H,4H2,1-3H3,(H2,24,25). The molecule has 2 aromatic rings. The third-order valence-corrected chi connectivity index (χ3v) is 4.89. The van der Waals surface area contributed by atoms with Crippen LogP contribution >= 0.6 is 0 Å². The molecule has 148 valence electrons. The van der Waals surface area contributed by atoms with Crippen LogP contribution in [-0.4, -0.2) is 30.4 Å². The van der Waals surface area contributed by atoms with Crippen LogP contribution in [0.5, 0.6) is 5.75 Å². The van der Waals surface area contributed by atoms with Gasteiger partial charge in [0.2, 0.25) is 0 Å². The number of guanidine groups is 1. The zero-order valence-corrected chi connectivity index (χ0v) is 15.7. The Morgan fingerprint density at radius 1 is 1.21 bits per heavy atom. The minimum atomic E-state index is -2.96. The fourth-order valence-corrected chi connectivity index (χ4v) is 3.36. The minimum Gasteiger partial charge on any atom is -0.435 e. The lowest BCUT2D eigenvalue weighted by molar-refractivity contribution is -0.129. The van der Waals surface area contributed by atoms with Crippen molar-refractivity contribution in [2.75, 3.05) is 7.05 Å². The van der Waals surface area contributed by atoms with Crippen molar-refractivity contribution in [1.29, 1.82) is 0 Å². The predicted octanol–water partition coefficient (Wildman–Crippen LogP) is 3.33. The molecule has 0 spiro atoms. The molecule has 0 fully saturated rings. The zero-order chi connectivity index (χ0) is 20.6. The zero-order valence-electron chi connectivity index (χ0n) is 15.7. The highest BCUT2D eigenvalue weighted by Crippen LogP contribution is 2.41. The van der Waals surface area contributed by atoms with E-state index in [4.69, 9.17) is 5.73 Å². The first-order chi connectivity index (χ1) is 13.2. The highest BCUT2D eigenvalue weighted by atomic mass is 19.3. The second-order valence-corrected chi connectivity index (χ2v) is 6.56. The summed E-state index contributed by atoms with van der Waals surface area (Å²) in [5.41, 5.74) is 6.11. The number of carbonyl (C=O) groups is 1. The molecule has 3 rings (SSSR count). The highest BCUT2D eigenvalue weighted by Gasteiger charge is 2.49. The van der Waals surface area contributed by atoms with Gasteiger partial charge in [0.05, 0.1) is 0 Å². The van der Waals surface area contributed by atoms with Gasteiger partial charge in [-0.3, -0.25) is 9.69 Å². The molecule has 1 unspecified atom stereocenters. The number of likely N-dealkylation sites (N-methyl/N-ethyl adjacent to an activating group) is 1. The predicted molar refractivity (Wildman–Crippen MR) is 98.8 cm³/mol. The number of hydrogen-bond donors (Lipinski definition) is 1. The van der Waals surface area contributed by atoms with Crippen LogP contribution in [0.2, 0.25) is 0 Å². The summed E-state index contributed by atoms with van der Waals surface area (Å²) in [5, 5.41) is 0. The lowest BCUT2D eigenvalue weighted by Crippen LogP contribution is -2.41. The van der Waals surface area contributed by atoms with Gasteiger partial charge in [0.25, 0.3) is 5.91 Å². The van der Waals surface area contributed by atoms with Gasteiger partial charge in [-0.1, -0.05) is 19.1 Å². The minimum absolute atomic E-state index is 0.00185. The van der Waals surface area contributed by atoms with Gasteiger partial charge < -0.3 is 10.5 Å². The van der Waals surface area contributed by atoms with E-state index in [0.29, 0.717) is 28.7 Å². The molecule has 0 saturated heterocycles. The molecule has 8 heteroatoms. The quantitative estimate of drug-likeness (QED) is 0.850. The van der Waals surface area contributed by atoms with E-state index in [-0.39, 0.29) is 17.5 Å². The molecule has 0 saturated carbocycles. The van der Waals surface area contributed by atoms with Crippen LogP contribution in [-0.2, 0) is 16.8 Å². The molecule has 1 amide bonds. The van der Waals surface area contributed by atoms with E-state index in [1.807, 2.05) is 0 Å². The molecule has 0 aliphatic carbocycles. The maximum absolute atomic E-state index is 14.0. The molecule has 1 aliphatic heterocycles. The number of carbonyl (C=O) groups excluding carboxylic acids is 1. The number of aliphatic imine (C=N–C) groups is 1. The Hall–Kier alpha value is -3.03. The second-order valence-electron chi connectivity index (χ2n) is 6.56. The summed E-state index contributed by atoms with van der Waals surface area (Å²) in [6.07, 6.45) is 0.430. The Morgan fingerprint density at radius 3 is 2.39 bits per heavy atom. The van der Waals surface area contributed by atoms with Crippen molar-refractivity contribution in [2.24, 2.45) is 10.7 Å². The maximum Gasteiger partial charge on any atom is 0.387 e. The van der Waals surface area contributed by atoms with Crippen LogP contribution in [0.15, 0.2) is 41.4 Å². The summed E-state index contributed by atoms with van der Waals surface area (Å²) in [6.45, 7) is 0.429. The fourth-order valence-electron chi connectivity index (χ4n) is 3.36. The van der Waals surface area contributed by atoms with Gasteiger partial charge in [-0.2, -0.15) is 8.78 Å².